The van der Waals surface area contributed by atoms with Crippen molar-refractivity contribution >= 4 is 29.1 Å². The number of anilines is 2. The predicted molar refractivity (Wildman–Crippen MR) is 140 cm³/mol. The molecule has 1 amide bonds. The molecule has 4 N–H and O–H groups in total. The van der Waals surface area contributed by atoms with Crippen LogP contribution in [-0.2, 0) is 9.59 Å². The van der Waals surface area contributed by atoms with Crippen molar-refractivity contribution < 1.29 is 19.8 Å². The maximum Gasteiger partial charge on any atom is 0.306 e. The van der Waals surface area contributed by atoms with E-state index < -0.39 is 11.9 Å². The minimum Gasteiger partial charge on any atom is -0.505 e. The third-order valence-electron chi connectivity index (χ3n) is 6.83. The van der Waals surface area contributed by atoms with E-state index in [1.54, 1.807) is 23.2 Å². The maximum absolute atomic E-state index is 13.3. The fourth-order valence-electron chi connectivity index (χ4n) is 4.75. The summed E-state index contributed by atoms with van der Waals surface area (Å²) in [5, 5.41) is 20.4. The SMILES string of the molecule is Cc1ccc(N2C(=O)C(NNc3cccc(C4CCCC(C(=O)O)C4)c3O)=NC2=CN(C)C)cc1C. The number of rotatable bonds is 6. The molecule has 1 saturated carbocycles. The van der Waals surface area contributed by atoms with E-state index in [0.717, 1.165) is 24.0 Å². The standard InChI is InChI=1S/C27H33N5O4/c1-16-11-12-20(13-17(16)2)32-23(15-31(3)4)28-25(26(32)34)30-29-22-10-6-9-21(24(22)33)18-7-5-8-19(14-18)27(35)36/h6,9-13,15,18-19,29,33H,5,7-8,14H2,1-4H3,(H,28,30)(H,35,36). The summed E-state index contributed by atoms with van der Waals surface area (Å²) in [7, 11) is 3.72. The number of amides is 1. The van der Waals surface area contributed by atoms with Gasteiger partial charge in [0, 0.05) is 20.3 Å². The van der Waals surface area contributed by atoms with Crippen molar-refractivity contribution in [3.05, 3.63) is 65.1 Å². The first-order valence-corrected chi connectivity index (χ1v) is 12.1. The van der Waals surface area contributed by atoms with Crippen molar-refractivity contribution in [1.29, 1.82) is 0 Å². The zero-order chi connectivity index (χ0) is 26.0. The van der Waals surface area contributed by atoms with Gasteiger partial charge in [-0.3, -0.25) is 25.3 Å². The number of hydrazine groups is 1. The van der Waals surface area contributed by atoms with E-state index in [1.165, 1.54) is 0 Å². The number of carbonyl (C=O) groups excluding carboxylic acids is 1. The molecule has 2 aromatic rings. The Morgan fingerprint density at radius 3 is 2.61 bits per heavy atom. The summed E-state index contributed by atoms with van der Waals surface area (Å²) in [4.78, 5) is 32.7. The monoisotopic (exact) mass is 491 g/mol. The first kappa shape index (κ1) is 25.1. The molecule has 0 spiro atoms. The van der Waals surface area contributed by atoms with E-state index >= 15 is 0 Å². The minimum absolute atomic E-state index is 0.0399. The summed E-state index contributed by atoms with van der Waals surface area (Å²) in [6, 6.07) is 11.1. The van der Waals surface area contributed by atoms with Gasteiger partial charge in [0.2, 0.25) is 5.84 Å². The van der Waals surface area contributed by atoms with Gasteiger partial charge in [0.1, 0.15) is 5.75 Å². The highest BCUT2D eigenvalue weighted by molar-refractivity contribution is 6.46. The van der Waals surface area contributed by atoms with Gasteiger partial charge in [-0.15, -0.1) is 0 Å². The van der Waals surface area contributed by atoms with Gasteiger partial charge in [-0.25, -0.2) is 4.99 Å². The molecule has 0 saturated heterocycles. The molecule has 2 unspecified atom stereocenters. The molecule has 1 aliphatic heterocycles. The van der Waals surface area contributed by atoms with Gasteiger partial charge in [0.25, 0.3) is 0 Å². The number of aryl methyl sites for hydroxylation is 2. The number of para-hydroxylation sites is 1. The van der Waals surface area contributed by atoms with Gasteiger partial charge < -0.3 is 15.1 Å². The second kappa shape index (κ2) is 10.3. The molecule has 1 heterocycles. The Labute approximate surface area is 211 Å². The van der Waals surface area contributed by atoms with Crippen LogP contribution >= 0.6 is 0 Å². The molecule has 2 aliphatic rings. The number of hydrogen-bond donors (Lipinski definition) is 4. The van der Waals surface area contributed by atoms with Crippen LogP contribution in [0, 0.1) is 19.8 Å². The minimum atomic E-state index is -0.789. The number of phenolic OH excluding ortho intramolecular Hbond substituents is 1. The molecule has 0 radical (unpaired) electrons. The molecule has 9 heteroatoms. The third-order valence-corrected chi connectivity index (χ3v) is 6.83. The average Bonchev–Trinajstić information content (AvgIpc) is 3.14. The van der Waals surface area contributed by atoms with Crippen LogP contribution in [0.1, 0.15) is 48.3 Å². The number of nitrogens with zero attached hydrogens (tertiary/aromatic N) is 3. The third kappa shape index (κ3) is 5.15. The van der Waals surface area contributed by atoms with Gasteiger partial charge in [-0.2, -0.15) is 0 Å². The summed E-state index contributed by atoms with van der Waals surface area (Å²) in [6.45, 7) is 4.02. The van der Waals surface area contributed by atoms with E-state index in [9.17, 15) is 19.8 Å². The molecule has 9 nitrogen and oxygen atoms in total. The molecule has 0 aromatic heterocycles. The highest BCUT2D eigenvalue weighted by Crippen LogP contribution is 2.42. The zero-order valence-electron chi connectivity index (χ0n) is 21.1. The molecule has 1 aliphatic carbocycles. The molecule has 1 fully saturated rings. The van der Waals surface area contributed by atoms with E-state index in [2.05, 4.69) is 15.8 Å². The average molecular weight is 492 g/mol. The number of amidine groups is 1. The topological polar surface area (TPSA) is 118 Å². The number of carboxylic acids is 1. The maximum atomic E-state index is 13.3. The van der Waals surface area contributed by atoms with Crippen molar-refractivity contribution in [2.24, 2.45) is 10.9 Å². The fourth-order valence-corrected chi connectivity index (χ4v) is 4.75. The van der Waals surface area contributed by atoms with Crippen LogP contribution in [0.5, 0.6) is 5.75 Å². The van der Waals surface area contributed by atoms with Crippen LogP contribution in [0.25, 0.3) is 0 Å². The zero-order valence-corrected chi connectivity index (χ0v) is 21.1. The Morgan fingerprint density at radius 1 is 1.14 bits per heavy atom. The van der Waals surface area contributed by atoms with Crippen LogP contribution in [0.4, 0.5) is 11.4 Å². The molecular weight excluding hydrogens is 458 g/mol. The van der Waals surface area contributed by atoms with Gasteiger partial charge in [-0.05, 0) is 73.9 Å². The van der Waals surface area contributed by atoms with Crippen molar-refractivity contribution in [3.63, 3.8) is 0 Å². The number of nitrogens with one attached hydrogen (secondary N) is 2. The Kier molecular flexibility index (Phi) is 7.19. The number of aliphatic imine (C=N–C) groups is 1. The predicted octanol–water partition coefficient (Wildman–Crippen LogP) is 4.09. The van der Waals surface area contributed by atoms with Crippen LogP contribution in [0.15, 0.2) is 53.4 Å². The molecular formula is C27H33N5O4. The molecule has 36 heavy (non-hydrogen) atoms. The number of phenols is 1. The van der Waals surface area contributed by atoms with Gasteiger partial charge in [0.15, 0.2) is 5.82 Å². The Morgan fingerprint density at radius 2 is 1.92 bits per heavy atom. The Hall–Kier alpha value is -4.01. The summed E-state index contributed by atoms with van der Waals surface area (Å²) < 4.78 is 0. The summed E-state index contributed by atoms with van der Waals surface area (Å²) in [5.74, 6) is -0.952. The first-order valence-electron chi connectivity index (χ1n) is 12.1. The number of benzene rings is 2. The normalized spacial score (nSPS) is 20.9. The Bertz CT molecular complexity index is 1240. The van der Waals surface area contributed by atoms with Crippen LogP contribution in [0.2, 0.25) is 0 Å². The summed E-state index contributed by atoms with van der Waals surface area (Å²) in [5.41, 5.74) is 9.81. The molecule has 4 rings (SSSR count). The second-order valence-corrected chi connectivity index (χ2v) is 9.71. The number of aliphatic carboxylic acids is 1. The van der Waals surface area contributed by atoms with Crippen LogP contribution < -0.4 is 15.8 Å². The lowest BCUT2D eigenvalue weighted by molar-refractivity contribution is -0.143. The van der Waals surface area contributed by atoms with Crippen molar-refractivity contribution in [2.75, 3.05) is 24.4 Å². The quantitative estimate of drug-likeness (QED) is 0.355. The smallest absolute Gasteiger partial charge is 0.306 e. The van der Waals surface area contributed by atoms with E-state index in [1.807, 2.05) is 57.1 Å². The molecule has 2 atom stereocenters. The molecule has 0 bridgehead atoms. The lowest BCUT2D eigenvalue weighted by Gasteiger charge is -2.28. The van der Waals surface area contributed by atoms with Gasteiger partial charge in [-0.1, -0.05) is 24.6 Å². The summed E-state index contributed by atoms with van der Waals surface area (Å²) >= 11 is 0. The lowest BCUT2D eigenvalue weighted by atomic mass is 9.77. The lowest BCUT2D eigenvalue weighted by Crippen LogP contribution is -2.39. The largest absolute Gasteiger partial charge is 0.505 e. The van der Waals surface area contributed by atoms with Crippen molar-refractivity contribution in [2.45, 2.75) is 45.4 Å². The number of carbonyl (C=O) groups is 2. The van der Waals surface area contributed by atoms with Crippen LogP contribution in [0.3, 0.4) is 0 Å². The highest BCUT2D eigenvalue weighted by atomic mass is 16.4. The van der Waals surface area contributed by atoms with Crippen molar-refractivity contribution in [3.8, 4) is 5.75 Å². The fraction of sp³-hybridized carbons (Fsp3) is 0.370. The second-order valence-electron chi connectivity index (χ2n) is 9.71. The first-order chi connectivity index (χ1) is 17.2. The number of hydrogen-bond acceptors (Lipinski definition) is 7. The van der Waals surface area contributed by atoms with E-state index in [-0.39, 0.29) is 23.4 Å². The summed E-state index contributed by atoms with van der Waals surface area (Å²) in [6.07, 6.45) is 4.55. The number of aromatic hydroxyl groups is 1. The van der Waals surface area contributed by atoms with E-state index in [4.69, 9.17) is 0 Å². The number of carboxylic acid groups (broad SMARTS) is 1. The van der Waals surface area contributed by atoms with Gasteiger partial charge >= 0.3 is 11.9 Å². The highest BCUT2D eigenvalue weighted by Gasteiger charge is 2.33. The van der Waals surface area contributed by atoms with Crippen LogP contribution in [-0.4, -0.2) is 46.9 Å². The molecule has 190 valence electrons. The van der Waals surface area contributed by atoms with Crippen molar-refractivity contribution in [1.82, 2.24) is 10.3 Å². The van der Waals surface area contributed by atoms with Gasteiger partial charge in [0.05, 0.1) is 17.3 Å². The Balaban J connectivity index is 1.54. The molecule has 2 aromatic carbocycles. The van der Waals surface area contributed by atoms with E-state index in [0.29, 0.717) is 35.6 Å².